The lowest BCUT2D eigenvalue weighted by Gasteiger charge is -2.71. The molecule has 0 heterocycles. The molecule has 0 aromatic carbocycles. The van der Waals surface area contributed by atoms with Crippen LogP contribution in [0, 0.1) is 56.7 Å². The van der Waals surface area contributed by atoms with Crippen molar-refractivity contribution in [2.24, 2.45) is 56.7 Å². The molecule has 0 aromatic rings. The maximum absolute atomic E-state index is 12.9. The van der Waals surface area contributed by atoms with Crippen molar-refractivity contribution < 1.29 is 19.4 Å². The number of aliphatic carboxylic acids is 1. The minimum atomic E-state index is -1.04. The molecule has 202 valence electrons. The second kappa shape index (κ2) is 8.09. The van der Waals surface area contributed by atoms with E-state index in [1.165, 1.54) is 32.6 Å². The van der Waals surface area contributed by atoms with Crippen molar-refractivity contribution in [2.75, 3.05) is 0 Å². The van der Waals surface area contributed by atoms with E-state index < -0.39 is 17.5 Å². The first-order valence-corrected chi connectivity index (χ1v) is 14.8. The molecule has 1 N–H and O–H groups in total. The Kier molecular flexibility index (Phi) is 5.91. The summed E-state index contributed by atoms with van der Waals surface area (Å²) >= 11 is 0. The molecule has 0 aromatic heterocycles. The Labute approximate surface area is 219 Å². The Morgan fingerprint density at radius 1 is 0.917 bits per heavy atom. The van der Waals surface area contributed by atoms with E-state index in [9.17, 15) is 14.7 Å². The van der Waals surface area contributed by atoms with Gasteiger partial charge in [0.2, 0.25) is 0 Å². The number of carbonyl (C=O) groups excluding carboxylic acids is 1. The number of carbonyl (C=O) groups is 2. The van der Waals surface area contributed by atoms with Crippen molar-refractivity contribution in [2.45, 2.75) is 119 Å². The summed E-state index contributed by atoms with van der Waals surface area (Å²) in [6.45, 7) is 18.4. The van der Waals surface area contributed by atoms with Crippen LogP contribution < -0.4 is 0 Å². The van der Waals surface area contributed by atoms with Crippen molar-refractivity contribution in [1.82, 2.24) is 0 Å². The highest BCUT2D eigenvalue weighted by molar-refractivity contribution is 5.77. The Bertz CT molecular complexity index is 985. The molecule has 5 aliphatic rings. The molecule has 36 heavy (non-hydrogen) atoms. The summed E-state index contributed by atoms with van der Waals surface area (Å²) < 4.78 is 5.69. The van der Waals surface area contributed by atoms with Crippen LogP contribution in [-0.4, -0.2) is 23.1 Å². The highest BCUT2D eigenvalue weighted by Crippen LogP contribution is 2.75. The largest absolute Gasteiger partial charge is 0.481 e. The quantitative estimate of drug-likeness (QED) is 0.313. The molecule has 5 aliphatic carbocycles. The van der Waals surface area contributed by atoms with E-state index in [4.69, 9.17) is 4.74 Å². The number of esters is 1. The Morgan fingerprint density at radius 3 is 2.25 bits per heavy atom. The highest BCUT2D eigenvalue weighted by atomic mass is 16.5. The van der Waals surface area contributed by atoms with Gasteiger partial charge in [0.1, 0.15) is 11.5 Å². The molecule has 5 rings (SSSR count). The van der Waals surface area contributed by atoms with Gasteiger partial charge in [0.25, 0.3) is 0 Å². The van der Waals surface area contributed by atoms with E-state index in [0.717, 1.165) is 37.5 Å². The smallest absolute Gasteiger partial charge is 0.313 e. The second-order valence-corrected chi connectivity index (χ2v) is 15.0. The summed E-state index contributed by atoms with van der Waals surface area (Å²) in [5.41, 5.74) is 1.40. The number of carboxylic acid groups (broad SMARTS) is 1. The lowest BCUT2D eigenvalue weighted by atomic mass is 9.33. The average molecular weight is 499 g/mol. The molecule has 0 aliphatic heterocycles. The van der Waals surface area contributed by atoms with Gasteiger partial charge in [0.05, 0.1) is 0 Å². The average Bonchev–Trinajstić information content (AvgIpc) is 2.79. The fraction of sp³-hybridized carbons (Fsp3) is 0.875. The van der Waals surface area contributed by atoms with Gasteiger partial charge in [0, 0.05) is 6.92 Å². The minimum Gasteiger partial charge on any atom is -0.481 e. The van der Waals surface area contributed by atoms with Gasteiger partial charge in [-0.1, -0.05) is 53.2 Å². The van der Waals surface area contributed by atoms with Crippen LogP contribution in [0.2, 0.25) is 0 Å². The number of ether oxygens (including phenoxy) is 1. The molecule has 0 radical (unpaired) electrons. The van der Waals surface area contributed by atoms with Gasteiger partial charge < -0.3 is 9.84 Å². The molecule has 0 unspecified atom stereocenters. The maximum Gasteiger partial charge on any atom is 0.313 e. The molecular formula is C32H50O4. The molecular weight excluding hydrogens is 448 g/mol. The van der Waals surface area contributed by atoms with Crippen molar-refractivity contribution in [1.29, 1.82) is 0 Å². The first-order valence-electron chi connectivity index (χ1n) is 14.8. The predicted molar refractivity (Wildman–Crippen MR) is 142 cm³/mol. The van der Waals surface area contributed by atoms with E-state index in [1.807, 2.05) is 6.92 Å². The minimum absolute atomic E-state index is 0.0136. The predicted octanol–water partition coefficient (Wildman–Crippen LogP) is 7.66. The van der Waals surface area contributed by atoms with E-state index in [-0.39, 0.29) is 28.1 Å². The summed E-state index contributed by atoms with van der Waals surface area (Å²) in [4.78, 5) is 24.8. The van der Waals surface area contributed by atoms with Gasteiger partial charge in [-0.15, -0.1) is 0 Å². The van der Waals surface area contributed by atoms with Crippen molar-refractivity contribution in [3.8, 4) is 0 Å². The zero-order chi connectivity index (χ0) is 26.5. The number of hydrogen-bond donors (Lipinski definition) is 1. The van der Waals surface area contributed by atoms with Gasteiger partial charge in [-0.3, -0.25) is 9.59 Å². The molecule has 0 spiro atoms. The van der Waals surface area contributed by atoms with Crippen molar-refractivity contribution in [3.05, 3.63) is 11.6 Å². The van der Waals surface area contributed by atoms with E-state index >= 15 is 0 Å². The third-order valence-corrected chi connectivity index (χ3v) is 13.8. The van der Waals surface area contributed by atoms with Crippen molar-refractivity contribution >= 4 is 11.9 Å². The first kappa shape index (κ1) is 26.3. The Hall–Kier alpha value is -1.32. The van der Waals surface area contributed by atoms with E-state index in [2.05, 4.69) is 47.6 Å². The Balaban J connectivity index is 1.57. The number of allylic oxidation sites excluding steroid dienone is 2. The third-order valence-electron chi connectivity index (χ3n) is 13.8. The molecule has 11 atom stereocenters. The van der Waals surface area contributed by atoms with Crippen LogP contribution in [0.1, 0.15) is 113 Å². The topological polar surface area (TPSA) is 63.6 Å². The van der Waals surface area contributed by atoms with Gasteiger partial charge in [-0.25, -0.2) is 0 Å². The second-order valence-electron chi connectivity index (χ2n) is 15.0. The van der Waals surface area contributed by atoms with Gasteiger partial charge >= 0.3 is 11.9 Å². The third kappa shape index (κ3) is 3.17. The molecule has 4 fully saturated rings. The zero-order valence-corrected chi connectivity index (χ0v) is 24.1. The number of carboxylic acids is 1. The lowest BCUT2D eigenvalue weighted by molar-refractivity contribution is -0.223. The number of rotatable bonds is 2. The van der Waals surface area contributed by atoms with Crippen LogP contribution in [-0.2, 0) is 14.3 Å². The molecule has 4 heteroatoms. The van der Waals surface area contributed by atoms with Crippen molar-refractivity contribution in [3.63, 3.8) is 0 Å². The van der Waals surface area contributed by atoms with Crippen LogP contribution in [0.15, 0.2) is 11.6 Å². The zero-order valence-electron chi connectivity index (χ0n) is 24.1. The summed E-state index contributed by atoms with van der Waals surface area (Å²) in [6, 6.07) is 0. The van der Waals surface area contributed by atoms with Gasteiger partial charge in [-0.05, 0) is 116 Å². The molecule has 4 saturated carbocycles. The molecule has 0 amide bonds. The van der Waals surface area contributed by atoms with E-state index in [0.29, 0.717) is 23.7 Å². The fourth-order valence-electron chi connectivity index (χ4n) is 11.2. The monoisotopic (exact) mass is 498 g/mol. The van der Waals surface area contributed by atoms with Crippen LogP contribution >= 0.6 is 0 Å². The van der Waals surface area contributed by atoms with Gasteiger partial charge in [-0.2, -0.15) is 0 Å². The fourth-order valence-corrected chi connectivity index (χ4v) is 11.2. The lowest BCUT2D eigenvalue weighted by Crippen LogP contribution is -2.66. The number of hydrogen-bond acceptors (Lipinski definition) is 3. The summed E-state index contributed by atoms with van der Waals surface area (Å²) in [5, 5.41) is 10.5. The normalized spacial score (nSPS) is 54.2. The summed E-state index contributed by atoms with van der Waals surface area (Å²) in [6.07, 6.45) is 12.0. The summed E-state index contributed by atoms with van der Waals surface area (Å²) in [7, 11) is 0. The van der Waals surface area contributed by atoms with Gasteiger partial charge in [0.15, 0.2) is 0 Å². The SMILES string of the molecule is CC(=O)O[C@@H]1CC[C@@]2(C)[C@H]3CC=C4[C@@H]5[C@H](C)[C@H](C)CC[C@]5(C)CC[C@]4(C)[C@]3(C)CC[C@@H]2[C@@]1(C)C(=O)O. The van der Waals surface area contributed by atoms with Crippen LogP contribution in [0.5, 0.6) is 0 Å². The standard InChI is InChI=1S/C32H50O4/c1-19-11-14-28(4)17-18-30(6)22(26(28)20(19)2)9-10-23-29(5)15-13-25(36-21(3)33)32(8,27(34)35)24(29)12-16-31(23,30)7/h9,19-20,23-26H,10-18H2,1-8H3,(H,34,35)/t19-,20-,23-,24+,25-,26+,28-,29+,30+,31-,32-/m1/s1. The molecule has 4 nitrogen and oxygen atoms in total. The highest BCUT2D eigenvalue weighted by Gasteiger charge is 2.70. The first-order chi connectivity index (χ1) is 16.6. The Morgan fingerprint density at radius 2 is 1.61 bits per heavy atom. The summed E-state index contributed by atoms with van der Waals surface area (Å²) in [5.74, 6) is 1.47. The number of fused-ring (bicyclic) bond motifs is 7. The maximum atomic E-state index is 12.9. The van der Waals surface area contributed by atoms with Crippen LogP contribution in [0.4, 0.5) is 0 Å². The van der Waals surface area contributed by atoms with Crippen LogP contribution in [0.25, 0.3) is 0 Å². The van der Waals surface area contributed by atoms with E-state index in [1.54, 1.807) is 5.57 Å². The van der Waals surface area contributed by atoms with Crippen LogP contribution in [0.3, 0.4) is 0 Å². The molecule has 0 bridgehead atoms. The molecule has 0 saturated heterocycles.